The monoisotopic (exact) mass is 576 g/mol. The summed E-state index contributed by atoms with van der Waals surface area (Å²) in [5.74, 6) is 0. The molecule has 9 aromatic rings. The highest BCUT2D eigenvalue weighted by Crippen LogP contribution is 2.45. The molecule has 0 saturated heterocycles. The first kappa shape index (κ1) is 25.4. The normalized spacial score (nSPS) is 11.9. The number of fused-ring (bicyclic) bond motifs is 6. The SMILES string of the molecule is Cc1ccccc1-c1cccc(-c2cccc(-c3ccc4c(c3)c3cccc5c6ccccc6c6cccc4c6c53)c2)c1S. The Kier molecular flexibility index (Phi) is 5.60. The van der Waals surface area contributed by atoms with Crippen LogP contribution in [0.15, 0.2) is 150 Å². The van der Waals surface area contributed by atoms with Crippen molar-refractivity contribution >= 4 is 66.5 Å². The molecular weight excluding hydrogens is 549 g/mol. The molecule has 0 radical (unpaired) electrons. The molecule has 0 aliphatic carbocycles. The molecule has 0 bridgehead atoms. The molecule has 44 heavy (non-hydrogen) atoms. The van der Waals surface area contributed by atoms with E-state index in [0.717, 1.165) is 16.0 Å². The Labute approximate surface area is 262 Å². The lowest BCUT2D eigenvalue weighted by Crippen LogP contribution is -1.90. The number of hydrogen-bond acceptors (Lipinski definition) is 1. The average molecular weight is 577 g/mol. The van der Waals surface area contributed by atoms with Gasteiger partial charge in [-0.3, -0.25) is 0 Å². The molecule has 9 aromatic carbocycles. The Balaban J connectivity index is 1.26. The Bertz CT molecular complexity index is 2570. The molecule has 0 aromatic heterocycles. The van der Waals surface area contributed by atoms with Crippen LogP contribution < -0.4 is 0 Å². The van der Waals surface area contributed by atoms with Crippen molar-refractivity contribution < 1.29 is 0 Å². The van der Waals surface area contributed by atoms with Crippen molar-refractivity contribution in [2.24, 2.45) is 0 Å². The Morgan fingerprint density at radius 3 is 1.52 bits per heavy atom. The highest BCUT2D eigenvalue weighted by molar-refractivity contribution is 7.80. The van der Waals surface area contributed by atoms with Gasteiger partial charge in [-0.15, -0.1) is 12.6 Å². The third-order valence-electron chi connectivity index (χ3n) is 9.46. The summed E-state index contributed by atoms with van der Waals surface area (Å²) < 4.78 is 0. The molecule has 9 rings (SSSR count). The summed E-state index contributed by atoms with van der Waals surface area (Å²) in [6.45, 7) is 2.16. The summed E-state index contributed by atoms with van der Waals surface area (Å²) in [4.78, 5) is 1.01. The summed E-state index contributed by atoms with van der Waals surface area (Å²) in [5.41, 5.74) is 8.38. The molecule has 0 fully saturated rings. The second-order valence-electron chi connectivity index (χ2n) is 11.9. The molecule has 1 heteroatoms. The van der Waals surface area contributed by atoms with E-state index >= 15 is 0 Å². The van der Waals surface area contributed by atoms with E-state index in [-0.39, 0.29) is 0 Å². The molecule has 0 atom stereocenters. The Morgan fingerprint density at radius 1 is 0.341 bits per heavy atom. The summed E-state index contributed by atoms with van der Waals surface area (Å²) in [7, 11) is 0. The van der Waals surface area contributed by atoms with E-state index in [0.29, 0.717) is 0 Å². The Hall–Kier alpha value is -5.11. The summed E-state index contributed by atoms with van der Waals surface area (Å²) in [5, 5.41) is 13.3. The van der Waals surface area contributed by atoms with Gasteiger partial charge in [0.2, 0.25) is 0 Å². The molecule has 0 heterocycles. The number of hydrogen-bond donors (Lipinski definition) is 1. The summed E-state index contributed by atoms with van der Waals surface area (Å²) >= 11 is 5.07. The maximum Gasteiger partial charge on any atom is 0.0197 e. The molecule has 0 saturated carbocycles. The molecule has 0 unspecified atom stereocenters. The van der Waals surface area contributed by atoms with Gasteiger partial charge in [0.05, 0.1) is 0 Å². The van der Waals surface area contributed by atoms with Crippen molar-refractivity contribution in [3.05, 3.63) is 151 Å². The van der Waals surface area contributed by atoms with E-state index in [9.17, 15) is 0 Å². The van der Waals surface area contributed by atoms with E-state index < -0.39 is 0 Å². The van der Waals surface area contributed by atoms with Gasteiger partial charge in [-0.2, -0.15) is 0 Å². The highest BCUT2D eigenvalue weighted by atomic mass is 32.1. The van der Waals surface area contributed by atoms with Crippen LogP contribution >= 0.6 is 12.6 Å². The van der Waals surface area contributed by atoms with Crippen molar-refractivity contribution in [1.82, 2.24) is 0 Å². The topological polar surface area (TPSA) is 0 Å². The van der Waals surface area contributed by atoms with Crippen molar-refractivity contribution in [1.29, 1.82) is 0 Å². The second-order valence-corrected chi connectivity index (χ2v) is 12.3. The predicted molar refractivity (Wildman–Crippen MR) is 193 cm³/mol. The fraction of sp³-hybridized carbons (Fsp3) is 0.0233. The van der Waals surface area contributed by atoms with Crippen molar-refractivity contribution in [2.45, 2.75) is 11.8 Å². The first-order chi connectivity index (χ1) is 21.7. The van der Waals surface area contributed by atoms with Crippen LogP contribution in [0.3, 0.4) is 0 Å². The quantitative estimate of drug-likeness (QED) is 0.121. The molecule has 206 valence electrons. The second kappa shape index (κ2) is 9.71. The van der Waals surface area contributed by atoms with Crippen LogP contribution in [0.4, 0.5) is 0 Å². The average Bonchev–Trinajstić information content (AvgIpc) is 3.08. The van der Waals surface area contributed by atoms with Gasteiger partial charge in [0.25, 0.3) is 0 Å². The van der Waals surface area contributed by atoms with Crippen LogP contribution in [0.5, 0.6) is 0 Å². The first-order valence-electron chi connectivity index (χ1n) is 15.2. The van der Waals surface area contributed by atoms with Crippen LogP contribution in [0.25, 0.3) is 87.2 Å². The van der Waals surface area contributed by atoms with E-state index in [1.807, 2.05) is 0 Å². The van der Waals surface area contributed by atoms with Gasteiger partial charge in [-0.05, 0) is 112 Å². The maximum atomic E-state index is 5.07. The van der Waals surface area contributed by atoms with Crippen LogP contribution in [-0.4, -0.2) is 0 Å². The van der Waals surface area contributed by atoms with Crippen LogP contribution in [0, 0.1) is 6.92 Å². The van der Waals surface area contributed by atoms with Crippen molar-refractivity contribution in [2.75, 3.05) is 0 Å². The molecule has 0 spiro atoms. The van der Waals surface area contributed by atoms with Crippen LogP contribution in [-0.2, 0) is 0 Å². The zero-order valence-corrected chi connectivity index (χ0v) is 25.2. The maximum absolute atomic E-state index is 5.07. The number of benzene rings is 9. The standard InChI is InChI=1S/C43H28S/c1-26-10-2-3-13-30(26)39-21-7-16-31(43(39)44)29-12-6-11-27(24-29)28-22-23-34-37-19-8-17-35-32-14-4-5-15-33(32)36-18-9-20-38(40(34)25-28)42(36)41(35)37/h2-25,44H,1H3. The molecular formula is C43H28S. The van der Waals surface area contributed by atoms with Gasteiger partial charge in [0, 0.05) is 4.90 Å². The largest absolute Gasteiger partial charge is 0.142 e. The summed E-state index contributed by atoms with van der Waals surface area (Å²) in [6, 6.07) is 53.4. The number of rotatable bonds is 3. The third kappa shape index (κ3) is 3.66. The zero-order chi connectivity index (χ0) is 29.4. The molecule has 0 amide bonds. The van der Waals surface area contributed by atoms with Crippen molar-refractivity contribution in [3.8, 4) is 33.4 Å². The minimum Gasteiger partial charge on any atom is -0.142 e. The third-order valence-corrected chi connectivity index (χ3v) is 9.95. The molecule has 0 N–H and O–H groups in total. The molecule has 0 aliphatic rings. The van der Waals surface area contributed by atoms with Gasteiger partial charge in [0.15, 0.2) is 0 Å². The zero-order valence-electron chi connectivity index (χ0n) is 24.3. The number of thiol groups is 1. The number of aryl methyl sites for hydroxylation is 1. The van der Waals surface area contributed by atoms with E-state index in [4.69, 9.17) is 12.6 Å². The minimum atomic E-state index is 1.01. The van der Waals surface area contributed by atoms with Gasteiger partial charge in [0.1, 0.15) is 0 Å². The lowest BCUT2D eigenvalue weighted by molar-refractivity contribution is 1.39. The Morgan fingerprint density at radius 2 is 0.818 bits per heavy atom. The van der Waals surface area contributed by atoms with E-state index in [1.54, 1.807) is 0 Å². The van der Waals surface area contributed by atoms with Gasteiger partial charge >= 0.3 is 0 Å². The lowest BCUT2D eigenvalue weighted by atomic mass is 9.85. The minimum absolute atomic E-state index is 1.01. The molecule has 0 nitrogen and oxygen atoms in total. The lowest BCUT2D eigenvalue weighted by Gasteiger charge is -2.18. The van der Waals surface area contributed by atoms with Crippen LogP contribution in [0.2, 0.25) is 0 Å². The smallest absolute Gasteiger partial charge is 0.0197 e. The van der Waals surface area contributed by atoms with Gasteiger partial charge in [-0.25, -0.2) is 0 Å². The molecule has 0 aliphatic heterocycles. The fourth-order valence-corrected chi connectivity index (χ4v) is 7.81. The fourth-order valence-electron chi connectivity index (χ4n) is 7.41. The van der Waals surface area contributed by atoms with Crippen LogP contribution in [0.1, 0.15) is 5.56 Å². The predicted octanol–water partition coefficient (Wildman–Crippen LogP) is 12.5. The first-order valence-corrected chi connectivity index (χ1v) is 15.6. The van der Waals surface area contributed by atoms with E-state index in [1.165, 1.54) is 81.7 Å². The van der Waals surface area contributed by atoms with Gasteiger partial charge in [-0.1, -0.05) is 133 Å². The van der Waals surface area contributed by atoms with Crippen molar-refractivity contribution in [3.63, 3.8) is 0 Å². The van der Waals surface area contributed by atoms with E-state index in [2.05, 4.69) is 153 Å². The van der Waals surface area contributed by atoms with Gasteiger partial charge < -0.3 is 0 Å². The summed E-state index contributed by atoms with van der Waals surface area (Å²) in [6.07, 6.45) is 0. The highest BCUT2D eigenvalue weighted by Gasteiger charge is 2.17.